The summed E-state index contributed by atoms with van der Waals surface area (Å²) < 4.78 is 39.5. The summed E-state index contributed by atoms with van der Waals surface area (Å²) in [6, 6.07) is 18.2. The molecule has 6 aromatic rings. The highest BCUT2D eigenvalue weighted by molar-refractivity contribution is 6.09. The highest BCUT2D eigenvalue weighted by atomic mass is 19.3. The predicted molar refractivity (Wildman–Crippen MR) is 151 cm³/mol. The van der Waals surface area contributed by atoms with Crippen molar-refractivity contribution < 1.29 is 23.0 Å². The van der Waals surface area contributed by atoms with Gasteiger partial charge in [-0.1, -0.05) is 24.3 Å². The number of hydrogen-bond donors (Lipinski definition) is 1. The number of nitrogens with one attached hydrogen (secondary N) is 1. The maximum atomic E-state index is 13.7. The summed E-state index contributed by atoms with van der Waals surface area (Å²) in [4.78, 5) is 35.9. The fourth-order valence-corrected chi connectivity index (χ4v) is 5.78. The second-order valence-electron chi connectivity index (χ2n) is 10.5. The van der Waals surface area contributed by atoms with Crippen molar-refractivity contribution in [2.75, 3.05) is 4.90 Å². The molecule has 0 radical (unpaired) electrons. The highest BCUT2D eigenvalue weighted by Gasteiger charge is 2.44. The number of H-pyrrole nitrogens is 1. The van der Waals surface area contributed by atoms with Gasteiger partial charge in [-0.3, -0.25) is 9.59 Å². The summed E-state index contributed by atoms with van der Waals surface area (Å²) in [5.41, 5.74) is 3.86. The third-order valence-electron chi connectivity index (χ3n) is 7.85. The Morgan fingerprint density at radius 3 is 2.67 bits per heavy atom. The number of para-hydroxylation sites is 1. The number of aromatic nitrogens is 5. The molecule has 1 saturated carbocycles. The third-order valence-corrected chi connectivity index (χ3v) is 7.85. The summed E-state index contributed by atoms with van der Waals surface area (Å²) in [6.45, 7) is -0.369. The first-order chi connectivity index (χ1) is 20.3. The first-order valence-electron chi connectivity index (χ1n) is 13.4. The summed E-state index contributed by atoms with van der Waals surface area (Å²) in [5, 5.41) is 6.76. The van der Waals surface area contributed by atoms with Gasteiger partial charge in [-0.2, -0.15) is 5.10 Å². The number of carbonyl (C=O) groups is 1. The fraction of sp³-hybridized carbons (Fsp3) is 0.200. The van der Waals surface area contributed by atoms with Crippen molar-refractivity contribution in [3.05, 3.63) is 77.3 Å². The number of aryl methyl sites for hydroxylation is 1. The number of rotatable bonds is 5. The molecule has 1 N–H and O–H groups in total. The Labute approximate surface area is 235 Å². The second kappa shape index (κ2) is 8.62. The fourth-order valence-electron chi connectivity index (χ4n) is 5.78. The van der Waals surface area contributed by atoms with Gasteiger partial charge in [0.1, 0.15) is 12.2 Å². The summed E-state index contributed by atoms with van der Waals surface area (Å²) in [5.74, 6) is -0.681. The summed E-state index contributed by atoms with van der Waals surface area (Å²) >= 11 is 0. The maximum absolute atomic E-state index is 13.7. The van der Waals surface area contributed by atoms with Crippen LogP contribution >= 0.6 is 0 Å². The van der Waals surface area contributed by atoms with Gasteiger partial charge in [0.15, 0.2) is 17.0 Å². The van der Waals surface area contributed by atoms with E-state index >= 15 is 0 Å². The minimum absolute atomic E-state index is 0.110. The third kappa shape index (κ3) is 3.75. The molecular formula is C30H22F2N6O4. The van der Waals surface area contributed by atoms with Crippen LogP contribution in [0.2, 0.25) is 0 Å². The molecule has 0 spiro atoms. The van der Waals surface area contributed by atoms with Crippen LogP contribution in [-0.4, -0.2) is 42.6 Å². The summed E-state index contributed by atoms with van der Waals surface area (Å²) in [6.07, 6.45) is -0.851. The van der Waals surface area contributed by atoms with Crippen molar-refractivity contribution in [2.24, 2.45) is 7.05 Å². The van der Waals surface area contributed by atoms with Crippen LogP contribution in [0.3, 0.4) is 0 Å². The molecule has 0 saturated heterocycles. The minimum atomic E-state index is -3.77. The van der Waals surface area contributed by atoms with E-state index in [9.17, 15) is 18.4 Å². The highest BCUT2D eigenvalue weighted by Crippen LogP contribution is 2.44. The van der Waals surface area contributed by atoms with Crippen molar-refractivity contribution in [1.29, 1.82) is 0 Å². The van der Waals surface area contributed by atoms with Gasteiger partial charge in [0, 0.05) is 52.2 Å². The van der Waals surface area contributed by atoms with Gasteiger partial charge >= 0.3 is 6.29 Å². The molecule has 42 heavy (non-hydrogen) atoms. The molecule has 210 valence electrons. The lowest BCUT2D eigenvalue weighted by Crippen LogP contribution is -2.39. The molecule has 2 aliphatic rings. The van der Waals surface area contributed by atoms with Gasteiger partial charge in [-0.15, -0.1) is 8.78 Å². The molecule has 1 fully saturated rings. The Kier molecular flexibility index (Phi) is 5.03. The zero-order valence-electron chi connectivity index (χ0n) is 22.2. The second-order valence-corrected chi connectivity index (χ2v) is 10.5. The number of hydrogen-bond acceptors (Lipinski definition) is 6. The van der Waals surface area contributed by atoms with Gasteiger partial charge in [0.25, 0.3) is 5.56 Å². The predicted octanol–water partition coefficient (Wildman–Crippen LogP) is 4.95. The molecule has 4 heterocycles. The number of aromatic amines is 1. The summed E-state index contributed by atoms with van der Waals surface area (Å²) in [7, 11) is 2.01. The zero-order valence-corrected chi connectivity index (χ0v) is 22.2. The molecule has 1 amide bonds. The average molecular weight is 569 g/mol. The minimum Gasteiger partial charge on any atom is -0.395 e. The van der Waals surface area contributed by atoms with E-state index in [0.717, 1.165) is 44.9 Å². The Morgan fingerprint density at radius 2 is 1.83 bits per heavy atom. The molecule has 3 aromatic heterocycles. The van der Waals surface area contributed by atoms with Crippen LogP contribution in [-0.2, 0) is 18.4 Å². The lowest BCUT2D eigenvalue weighted by Gasteiger charge is -2.23. The number of nitrogens with zero attached hydrogens (tertiary/aromatic N) is 5. The van der Waals surface area contributed by atoms with Crippen LogP contribution < -0.4 is 19.9 Å². The van der Waals surface area contributed by atoms with Crippen LogP contribution in [0.1, 0.15) is 12.8 Å². The van der Waals surface area contributed by atoms with Gasteiger partial charge in [-0.25, -0.2) is 9.67 Å². The molecule has 0 unspecified atom stereocenters. The number of halogens is 2. The lowest BCUT2D eigenvalue weighted by atomic mass is 10.1. The van der Waals surface area contributed by atoms with Crippen molar-refractivity contribution >= 4 is 44.4 Å². The maximum Gasteiger partial charge on any atom is 0.586 e. The number of carbonyl (C=O) groups excluding carboxylic acids is 1. The zero-order chi connectivity index (χ0) is 28.7. The van der Waals surface area contributed by atoms with E-state index in [0.29, 0.717) is 16.9 Å². The topological polar surface area (TPSA) is 107 Å². The Balaban J connectivity index is 1.20. The van der Waals surface area contributed by atoms with E-state index in [1.807, 2.05) is 37.4 Å². The van der Waals surface area contributed by atoms with Gasteiger partial charge in [0.2, 0.25) is 5.91 Å². The number of alkyl halides is 2. The van der Waals surface area contributed by atoms with E-state index in [1.54, 1.807) is 0 Å². The Hall–Kier alpha value is -5.26. The van der Waals surface area contributed by atoms with Crippen molar-refractivity contribution in [3.63, 3.8) is 0 Å². The van der Waals surface area contributed by atoms with Crippen LogP contribution in [0.25, 0.3) is 44.1 Å². The number of amides is 1. The van der Waals surface area contributed by atoms with Crippen LogP contribution in [0.15, 0.2) is 71.8 Å². The van der Waals surface area contributed by atoms with Crippen molar-refractivity contribution in [1.82, 2.24) is 24.3 Å². The molecule has 8 rings (SSSR count). The molecule has 0 bridgehead atoms. The van der Waals surface area contributed by atoms with E-state index in [4.69, 9.17) is 0 Å². The quantitative estimate of drug-likeness (QED) is 0.316. The molecule has 0 atom stereocenters. The molecule has 3 aromatic carbocycles. The molecule has 1 aliphatic heterocycles. The first-order valence-corrected chi connectivity index (χ1v) is 13.4. The number of fused-ring (bicyclic) bond motifs is 5. The largest absolute Gasteiger partial charge is 0.586 e. The first kappa shape index (κ1) is 24.5. The number of imidazole rings is 1. The Bertz CT molecular complexity index is 2150. The van der Waals surface area contributed by atoms with Crippen molar-refractivity contribution in [2.45, 2.75) is 31.7 Å². The number of benzene rings is 3. The van der Waals surface area contributed by atoms with Crippen LogP contribution in [0, 0.1) is 0 Å². The van der Waals surface area contributed by atoms with E-state index in [1.165, 1.54) is 29.4 Å². The van der Waals surface area contributed by atoms with Gasteiger partial charge in [-0.05, 0) is 43.2 Å². The van der Waals surface area contributed by atoms with Crippen molar-refractivity contribution in [3.8, 4) is 22.8 Å². The normalized spacial score (nSPS) is 15.6. The lowest BCUT2D eigenvalue weighted by molar-refractivity contribution is -0.286. The molecule has 10 nitrogen and oxygen atoms in total. The number of anilines is 1. The monoisotopic (exact) mass is 568 g/mol. The van der Waals surface area contributed by atoms with E-state index in [2.05, 4.69) is 41.2 Å². The standard InChI is InChI=1S/C30H22F2N6O4/c1-36-21-5-3-2-4-19(21)20-12-16(6-10-22(20)36)26-27-28(34-15-33-27)29(40)37(35-26)14-25(39)38(17-7-8-17)18-9-11-23-24(13-18)42-30(31,32)41-23/h2-6,9-13,15,17H,7-8,14H2,1H3,(H,33,34). The Morgan fingerprint density at radius 1 is 1.05 bits per heavy atom. The van der Waals surface area contributed by atoms with Gasteiger partial charge < -0.3 is 23.9 Å². The van der Waals surface area contributed by atoms with Gasteiger partial charge in [0.05, 0.1) is 11.8 Å². The van der Waals surface area contributed by atoms with E-state index in [-0.39, 0.29) is 29.6 Å². The number of ether oxygens (including phenoxy) is 2. The van der Waals surface area contributed by atoms with E-state index < -0.39 is 17.8 Å². The molecule has 1 aliphatic carbocycles. The average Bonchev–Trinajstić information content (AvgIpc) is 3.46. The van der Waals surface area contributed by atoms with Crippen LogP contribution in [0.5, 0.6) is 11.5 Å². The SMILES string of the molecule is Cn1c2ccccc2c2cc(-c3nn(CC(=O)N(c4ccc5c(c4)OC(F)(F)O5)C4CC4)c(=O)c4nc[nH]c34)ccc21. The smallest absolute Gasteiger partial charge is 0.395 e. The molecular weight excluding hydrogens is 546 g/mol. The van der Waals surface area contributed by atoms with Crippen LogP contribution in [0.4, 0.5) is 14.5 Å². The molecule has 12 heteroatoms.